The first-order valence-corrected chi connectivity index (χ1v) is 9.80. The quantitative estimate of drug-likeness (QED) is 0.669. The molecule has 0 spiro atoms. The minimum absolute atomic E-state index is 0.0191. The highest BCUT2D eigenvalue weighted by Gasteiger charge is 2.12. The van der Waals surface area contributed by atoms with Crippen LogP contribution in [0.25, 0.3) is 6.08 Å². The molecule has 1 aliphatic heterocycles. The van der Waals surface area contributed by atoms with Crippen molar-refractivity contribution in [1.29, 1.82) is 0 Å². The number of carbonyl (C=O) groups excluding carboxylic acids is 2. The van der Waals surface area contributed by atoms with E-state index in [0.29, 0.717) is 18.7 Å². The predicted octanol–water partition coefficient (Wildman–Crippen LogP) is 2.58. The second-order valence-corrected chi connectivity index (χ2v) is 6.95. The predicted molar refractivity (Wildman–Crippen MR) is 111 cm³/mol. The van der Waals surface area contributed by atoms with E-state index in [2.05, 4.69) is 15.5 Å². The molecule has 2 N–H and O–H groups in total. The normalized spacial score (nSPS) is 14.8. The molecular formula is C22H27N3O4. The summed E-state index contributed by atoms with van der Waals surface area (Å²) in [6.45, 7) is 6.15. The molecule has 154 valence electrons. The fraction of sp³-hybridized carbons (Fsp3) is 0.364. The third-order valence-corrected chi connectivity index (χ3v) is 4.60. The topological polar surface area (TPSA) is 83.8 Å². The van der Waals surface area contributed by atoms with Gasteiger partial charge in [-0.1, -0.05) is 12.1 Å². The summed E-state index contributed by atoms with van der Waals surface area (Å²) >= 11 is 0. The van der Waals surface area contributed by atoms with Gasteiger partial charge in [-0.3, -0.25) is 14.5 Å². The number of morpholine rings is 1. The van der Waals surface area contributed by atoms with Crippen LogP contribution in [-0.4, -0.2) is 49.6 Å². The van der Waals surface area contributed by atoms with E-state index in [-0.39, 0.29) is 11.8 Å². The molecule has 7 heteroatoms. The molecular weight excluding hydrogens is 370 g/mol. The molecule has 2 aromatic rings. The van der Waals surface area contributed by atoms with Gasteiger partial charge in [-0.25, -0.2) is 0 Å². The first-order chi connectivity index (χ1) is 14.1. The van der Waals surface area contributed by atoms with Gasteiger partial charge in [-0.05, 0) is 42.8 Å². The van der Waals surface area contributed by atoms with Crippen molar-refractivity contribution in [2.45, 2.75) is 19.9 Å². The van der Waals surface area contributed by atoms with Gasteiger partial charge < -0.3 is 19.8 Å². The number of hydrogen-bond donors (Lipinski definition) is 2. The summed E-state index contributed by atoms with van der Waals surface area (Å²) in [5.41, 5.74) is 1.64. The molecule has 2 amide bonds. The third kappa shape index (κ3) is 7.21. The Morgan fingerprint density at radius 2 is 2.00 bits per heavy atom. The van der Waals surface area contributed by atoms with Crippen LogP contribution in [0.2, 0.25) is 0 Å². The van der Waals surface area contributed by atoms with Crippen molar-refractivity contribution in [3.63, 3.8) is 0 Å². The maximum atomic E-state index is 12.2. The zero-order valence-electron chi connectivity index (χ0n) is 16.6. The van der Waals surface area contributed by atoms with Crippen molar-refractivity contribution in [1.82, 2.24) is 10.2 Å². The number of ether oxygens (including phenoxy) is 1. The largest absolute Gasteiger partial charge is 0.462 e. The van der Waals surface area contributed by atoms with E-state index in [9.17, 15) is 9.59 Å². The first kappa shape index (κ1) is 20.8. The monoisotopic (exact) mass is 397 g/mol. The smallest absolute Gasteiger partial charge is 0.244 e. The molecule has 0 saturated carbocycles. The Bertz CT molecular complexity index is 853. The number of amides is 2. The van der Waals surface area contributed by atoms with Crippen molar-refractivity contribution in [2.75, 3.05) is 38.2 Å². The van der Waals surface area contributed by atoms with Crippen LogP contribution in [0.1, 0.15) is 23.5 Å². The van der Waals surface area contributed by atoms with Crippen LogP contribution < -0.4 is 10.6 Å². The number of nitrogens with one attached hydrogen (secondary N) is 2. The molecule has 0 bridgehead atoms. The number of benzene rings is 1. The van der Waals surface area contributed by atoms with Crippen LogP contribution in [0.5, 0.6) is 0 Å². The van der Waals surface area contributed by atoms with Crippen molar-refractivity contribution in [3.05, 3.63) is 59.6 Å². The average molecular weight is 397 g/mol. The summed E-state index contributed by atoms with van der Waals surface area (Å²) in [7, 11) is 0. The maximum Gasteiger partial charge on any atom is 0.244 e. The summed E-state index contributed by atoms with van der Waals surface area (Å²) in [5, 5.41) is 5.75. The minimum Gasteiger partial charge on any atom is -0.462 e. The van der Waals surface area contributed by atoms with Gasteiger partial charge in [0.25, 0.3) is 0 Å². The highest BCUT2D eigenvalue weighted by atomic mass is 16.5. The molecule has 0 aliphatic carbocycles. The van der Waals surface area contributed by atoms with Gasteiger partial charge in [-0.15, -0.1) is 0 Å². The average Bonchev–Trinajstić information content (AvgIpc) is 3.15. The van der Waals surface area contributed by atoms with Crippen LogP contribution in [0.4, 0.5) is 5.69 Å². The highest BCUT2D eigenvalue weighted by Crippen LogP contribution is 2.12. The van der Waals surface area contributed by atoms with Gasteiger partial charge in [0, 0.05) is 44.4 Å². The molecule has 1 aromatic carbocycles. The van der Waals surface area contributed by atoms with E-state index in [0.717, 1.165) is 49.9 Å². The van der Waals surface area contributed by atoms with Crippen LogP contribution in [-0.2, 0) is 20.9 Å². The zero-order chi connectivity index (χ0) is 20.5. The molecule has 7 nitrogen and oxygen atoms in total. The number of anilines is 1. The van der Waals surface area contributed by atoms with E-state index in [1.54, 1.807) is 6.08 Å². The molecule has 1 aromatic heterocycles. The van der Waals surface area contributed by atoms with Gasteiger partial charge in [-0.2, -0.15) is 0 Å². The van der Waals surface area contributed by atoms with Crippen molar-refractivity contribution in [2.24, 2.45) is 0 Å². The van der Waals surface area contributed by atoms with E-state index in [1.165, 1.54) is 6.08 Å². The Kier molecular flexibility index (Phi) is 7.61. The lowest BCUT2D eigenvalue weighted by Gasteiger charge is -2.26. The van der Waals surface area contributed by atoms with Gasteiger partial charge in [0.2, 0.25) is 11.8 Å². The van der Waals surface area contributed by atoms with Crippen LogP contribution in [0, 0.1) is 6.92 Å². The number of hydrogen-bond acceptors (Lipinski definition) is 5. The van der Waals surface area contributed by atoms with Gasteiger partial charge in [0.05, 0.1) is 13.2 Å². The molecule has 0 atom stereocenters. The molecule has 1 saturated heterocycles. The summed E-state index contributed by atoms with van der Waals surface area (Å²) in [6.07, 6.45) is 3.51. The summed E-state index contributed by atoms with van der Waals surface area (Å²) in [6, 6.07) is 11.1. The second-order valence-electron chi connectivity index (χ2n) is 6.95. The van der Waals surface area contributed by atoms with Crippen LogP contribution >= 0.6 is 0 Å². The molecule has 29 heavy (non-hydrogen) atoms. The van der Waals surface area contributed by atoms with E-state index in [1.807, 2.05) is 43.3 Å². The fourth-order valence-electron chi connectivity index (χ4n) is 3.02. The van der Waals surface area contributed by atoms with E-state index < -0.39 is 0 Å². The lowest BCUT2D eigenvalue weighted by molar-refractivity contribution is -0.117. The molecule has 3 rings (SSSR count). The summed E-state index contributed by atoms with van der Waals surface area (Å²) in [4.78, 5) is 26.4. The van der Waals surface area contributed by atoms with Gasteiger partial charge in [0.15, 0.2) is 0 Å². The molecule has 2 heterocycles. The standard InChI is InChI=1S/C22H27N3O4/c1-17-5-6-20(29-17)7-8-21(26)23-16-18-3-2-4-19(15-18)24-22(27)9-10-25-11-13-28-14-12-25/h2-8,15H,9-14,16H2,1H3,(H,23,26)(H,24,27)/b8-7+. The first-order valence-electron chi connectivity index (χ1n) is 9.80. The number of nitrogens with zero attached hydrogens (tertiary/aromatic N) is 1. The summed E-state index contributed by atoms with van der Waals surface area (Å²) in [5.74, 6) is 1.21. The van der Waals surface area contributed by atoms with Gasteiger partial charge in [0.1, 0.15) is 11.5 Å². The summed E-state index contributed by atoms with van der Waals surface area (Å²) < 4.78 is 10.7. The van der Waals surface area contributed by atoms with Crippen LogP contribution in [0.3, 0.4) is 0 Å². The van der Waals surface area contributed by atoms with E-state index >= 15 is 0 Å². The lowest BCUT2D eigenvalue weighted by Crippen LogP contribution is -2.38. The highest BCUT2D eigenvalue weighted by molar-refractivity contribution is 5.92. The SMILES string of the molecule is Cc1ccc(/C=C/C(=O)NCc2cccc(NC(=O)CCN3CCOCC3)c2)o1. The lowest BCUT2D eigenvalue weighted by atomic mass is 10.2. The third-order valence-electron chi connectivity index (χ3n) is 4.60. The Morgan fingerprint density at radius 3 is 2.76 bits per heavy atom. The van der Waals surface area contributed by atoms with Gasteiger partial charge >= 0.3 is 0 Å². The zero-order valence-corrected chi connectivity index (χ0v) is 16.6. The van der Waals surface area contributed by atoms with Crippen molar-refractivity contribution >= 4 is 23.6 Å². The van der Waals surface area contributed by atoms with E-state index in [4.69, 9.17) is 9.15 Å². The molecule has 0 unspecified atom stereocenters. The molecule has 1 fully saturated rings. The van der Waals surface area contributed by atoms with Crippen molar-refractivity contribution in [3.8, 4) is 0 Å². The fourth-order valence-corrected chi connectivity index (χ4v) is 3.02. The maximum absolute atomic E-state index is 12.2. The Labute approximate surface area is 170 Å². The Balaban J connectivity index is 1.43. The number of carbonyl (C=O) groups is 2. The Morgan fingerprint density at radius 1 is 1.17 bits per heavy atom. The number of furan rings is 1. The second kappa shape index (κ2) is 10.6. The molecule has 0 radical (unpaired) electrons. The Hall–Kier alpha value is -2.90. The number of rotatable bonds is 8. The minimum atomic E-state index is -0.209. The molecule has 1 aliphatic rings. The number of aryl methyl sites for hydroxylation is 1. The van der Waals surface area contributed by atoms with Crippen LogP contribution in [0.15, 0.2) is 46.9 Å². The van der Waals surface area contributed by atoms with Crippen molar-refractivity contribution < 1.29 is 18.7 Å².